The van der Waals surface area contributed by atoms with Crippen LogP contribution in [0.25, 0.3) is 0 Å². The van der Waals surface area contributed by atoms with E-state index in [1.54, 1.807) is 24.5 Å². The van der Waals surface area contributed by atoms with Gasteiger partial charge in [-0.25, -0.2) is 8.78 Å². The summed E-state index contributed by atoms with van der Waals surface area (Å²) in [5.74, 6) is -3.05. The summed E-state index contributed by atoms with van der Waals surface area (Å²) >= 11 is 0. The maximum Gasteiger partial charge on any atom is 0.282 e. The van der Waals surface area contributed by atoms with Gasteiger partial charge in [0, 0.05) is 18.9 Å². The molecule has 1 rings (SSSR count). The van der Waals surface area contributed by atoms with Gasteiger partial charge in [-0.2, -0.15) is 0 Å². The van der Waals surface area contributed by atoms with Gasteiger partial charge in [-0.3, -0.25) is 4.98 Å². The van der Waals surface area contributed by atoms with E-state index in [1.165, 1.54) is 0 Å². The third-order valence-corrected chi connectivity index (χ3v) is 1.69. The van der Waals surface area contributed by atoms with Gasteiger partial charge in [0.25, 0.3) is 5.92 Å². The van der Waals surface area contributed by atoms with Gasteiger partial charge in [-0.15, -0.1) is 0 Å². The molecule has 0 aromatic carbocycles. The number of aliphatic hydroxyl groups is 1. The number of aromatic nitrogens is 1. The monoisotopic (exact) mass is 202 g/mol. The van der Waals surface area contributed by atoms with Crippen molar-refractivity contribution in [2.24, 2.45) is 0 Å². The highest BCUT2D eigenvalue weighted by Crippen LogP contribution is 2.10. The number of aliphatic hydroxyl groups excluding tert-OH is 1. The molecule has 0 saturated carbocycles. The van der Waals surface area contributed by atoms with Crippen molar-refractivity contribution >= 4 is 0 Å². The predicted octanol–water partition coefficient (Wildman–Crippen LogP) is 0.799. The zero-order chi connectivity index (χ0) is 10.4. The molecular weight excluding hydrogens is 190 g/mol. The fraction of sp³-hybridized carbons (Fsp3) is 0.444. The number of nitrogens with one attached hydrogen (secondary N) is 1. The maximum atomic E-state index is 12.5. The highest BCUT2D eigenvalue weighted by atomic mass is 19.3. The largest absolute Gasteiger partial charge is 0.390 e. The van der Waals surface area contributed by atoms with E-state index < -0.39 is 19.1 Å². The minimum Gasteiger partial charge on any atom is -0.390 e. The number of rotatable bonds is 5. The van der Waals surface area contributed by atoms with Crippen molar-refractivity contribution in [3.05, 3.63) is 30.1 Å². The van der Waals surface area contributed by atoms with E-state index >= 15 is 0 Å². The highest BCUT2D eigenvalue weighted by molar-refractivity contribution is 5.08. The minimum atomic E-state index is -3.05. The molecule has 0 unspecified atom stereocenters. The molecule has 14 heavy (non-hydrogen) atoms. The van der Waals surface area contributed by atoms with Gasteiger partial charge in [-0.05, 0) is 17.7 Å². The highest BCUT2D eigenvalue weighted by Gasteiger charge is 2.26. The van der Waals surface area contributed by atoms with E-state index in [9.17, 15) is 8.78 Å². The second-order valence-corrected chi connectivity index (χ2v) is 2.97. The molecule has 1 aromatic heterocycles. The third-order valence-electron chi connectivity index (χ3n) is 1.69. The van der Waals surface area contributed by atoms with Crippen molar-refractivity contribution in [1.82, 2.24) is 10.3 Å². The number of halogens is 2. The SMILES string of the molecule is OCC(F)(F)CNCc1ccncc1. The molecule has 1 heterocycles. The Balaban J connectivity index is 2.29. The Labute approximate surface area is 80.8 Å². The Bertz CT molecular complexity index is 267. The lowest BCUT2D eigenvalue weighted by Gasteiger charge is -2.13. The van der Waals surface area contributed by atoms with Crippen LogP contribution < -0.4 is 5.32 Å². The molecule has 2 N–H and O–H groups in total. The van der Waals surface area contributed by atoms with Gasteiger partial charge in [0.05, 0.1) is 6.54 Å². The molecule has 0 saturated heterocycles. The summed E-state index contributed by atoms with van der Waals surface area (Å²) in [5, 5.41) is 10.8. The van der Waals surface area contributed by atoms with Crippen LogP contribution in [0.5, 0.6) is 0 Å². The first-order valence-corrected chi connectivity index (χ1v) is 4.22. The van der Waals surface area contributed by atoms with E-state index in [4.69, 9.17) is 5.11 Å². The molecule has 0 spiro atoms. The smallest absolute Gasteiger partial charge is 0.282 e. The molecule has 0 aliphatic carbocycles. The number of alkyl halides is 2. The number of hydrogen-bond donors (Lipinski definition) is 2. The fourth-order valence-corrected chi connectivity index (χ4v) is 0.946. The van der Waals surface area contributed by atoms with Crippen LogP contribution in [0, 0.1) is 0 Å². The van der Waals surface area contributed by atoms with Gasteiger partial charge in [-0.1, -0.05) is 0 Å². The molecule has 0 fully saturated rings. The average molecular weight is 202 g/mol. The number of hydrogen-bond acceptors (Lipinski definition) is 3. The molecule has 1 aromatic rings. The second kappa shape index (κ2) is 4.97. The van der Waals surface area contributed by atoms with Gasteiger partial charge in [0.1, 0.15) is 6.61 Å². The summed E-state index contributed by atoms with van der Waals surface area (Å²) in [4.78, 5) is 3.80. The molecule has 0 amide bonds. The first-order valence-electron chi connectivity index (χ1n) is 4.22. The molecule has 5 heteroatoms. The fourth-order valence-electron chi connectivity index (χ4n) is 0.946. The van der Waals surface area contributed by atoms with E-state index in [-0.39, 0.29) is 0 Å². The molecular formula is C9H12F2N2O. The Morgan fingerprint density at radius 1 is 1.36 bits per heavy atom. The zero-order valence-electron chi connectivity index (χ0n) is 7.58. The zero-order valence-corrected chi connectivity index (χ0v) is 7.58. The molecule has 0 atom stereocenters. The van der Waals surface area contributed by atoms with Crippen LogP contribution in [0.1, 0.15) is 5.56 Å². The standard InChI is InChI=1S/C9H12F2N2O/c10-9(11,7-14)6-13-5-8-1-3-12-4-2-8/h1-4,13-14H,5-7H2. The topological polar surface area (TPSA) is 45.1 Å². The Morgan fingerprint density at radius 2 is 2.00 bits per heavy atom. The second-order valence-electron chi connectivity index (χ2n) is 2.97. The van der Waals surface area contributed by atoms with Crippen molar-refractivity contribution in [2.45, 2.75) is 12.5 Å². The average Bonchev–Trinajstić information content (AvgIpc) is 2.19. The number of pyridine rings is 1. The summed E-state index contributed by atoms with van der Waals surface area (Å²) in [6.45, 7) is -1.31. The quantitative estimate of drug-likeness (QED) is 0.742. The van der Waals surface area contributed by atoms with Gasteiger partial charge in [0.2, 0.25) is 0 Å². The van der Waals surface area contributed by atoms with E-state index in [0.717, 1.165) is 5.56 Å². The van der Waals surface area contributed by atoms with Gasteiger partial charge < -0.3 is 10.4 Å². The summed E-state index contributed by atoms with van der Waals surface area (Å²) in [6, 6.07) is 3.48. The predicted molar refractivity (Wildman–Crippen MR) is 48.0 cm³/mol. The minimum absolute atomic E-state index is 0.345. The first-order chi connectivity index (χ1) is 6.64. The van der Waals surface area contributed by atoms with Crippen molar-refractivity contribution in [1.29, 1.82) is 0 Å². The van der Waals surface area contributed by atoms with Gasteiger partial charge in [0.15, 0.2) is 0 Å². The van der Waals surface area contributed by atoms with Crippen molar-refractivity contribution in [2.75, 3.05) is 13.2 Å². The summed E-state index contributed by atoms with van der Waals surface area (Å²) in [7, 11) is 0. The van der Waals surface area contributed by atoms with Gasteiger partial charge >= 0.3 is 0 Å². The molecule has 0 bridgehead atoms. The van der Waals surface area contributed by atoms with Crippen LogP contribution in [0.3, 0.4) is 0 Å². The van der Waals surface area contributed by atoms with Crippen LogP contribution >= 0.6 is 0 Å². The summed E-state index contributed by atoms with van der Waals surface area (Å²) < 4.78 is 25.1. The van der Waals surface area contributed by atoms with E-state index in [1.807, 2.05) is 0 Å². The molecule has 0 aliphatic heterocycles. The Morgan fingerprint density at radius 3 is 2.57 bits per heavy atom. The van der Waals surface area contributed by atoms with Crippen LogP contribution in [-0.2, 0) is 6.54 Å². The van der Waals surface area contributed by atoms with Crippen LogP contribution in [0.2, 0.25) is 0 Å². The van der Waals surface area contributed by atoms with E-state index in [0.29, 0.717) is 6.54 Å². The van der Waals surface area contributed by atoms with Crippen LogP contribution in [-0.4, -0.2) is 29.2 Å². The van der Waals surface area contributed by atoms with Crippen molar-refractivity contribution in [3.8, 4) is 0 Å². The Hall–Kier alpha value is -1.07. The van der Waals surface area contributed by atoms with Crippen molar-refractivity contribution in [3.63, 3.8) is 0 Å². The lowest BCUT2D eigenvalue weighted by molar-refractivity contribution is -0.0477. The normalized spacial score (nSPS) is 11.6. The first kappa shape index (κ1) is 11.0. The molecule has 0 radical (unpaired) electrons. The summed E-state index contributed by atoms with van der Waals surface area (Å²) in [6.07, 6.45) is 3.20. The maximum absolute atomic E-state index is 12.5. The lowest BCUT2D eigenvalue weighted by Crippen LogP contribution is -2.35. The third kappa shape index (κ3) is 3.76. The molecule has 3 nitrogen and oxygen atoms in total. The Kier molecular flexibility index (Phi) is 3.91. The molecule has 0 aliphatic rings. The van der Waals surface area contributed by atoms with Crippen LogP contribution in [0.15, 0.2) is 24.5 Å². The molecule has 78 valence electrons. The lowest BCUT2D eigenvalue weighted by atomic mass is 10.2. The van der Waals surface area contributed by atoms with Crippen molar-refractivity contribution < 1.29 is 13.9 Å². The van der Waals surface area contributed by atoms with E-state index in [2.05, 4.69) is 10.3 Å². The number of nitrogens with zero attached hydrogens (tertiary/aromatic N) is 1. The van der Waals surface area contributed by atoms with Crippen LogP contribution in [0.4, 0.5) is 8.78 Å². The summed E-state index contributed by atoms with van der Waals surface area (Å²) in [5.41, 5.74) is 0.883.